The molecular weight excluding hydrogens is 504 g/mol. The molecule has 0 N–H and O–H groups in total. The molecule has 0 atom stereocenters. The van der Waals surface area contributed by atoms with Crippen LogP contribution < -0.4 is 9.80 Å². The molecule has 0 saturated carbocycles. The minimum atomic E-state index is 0. The van der Waals surface area contributed by atoms with Crippen LogP contribution >= 0.6 is 0 Å². The third-order valence-corrected chi connectivity index (χ3v) is 6.17. The van der Waals surface area contributed by atoms with Crippen molar-refractivity contribution >= 4 is 11.4 Å². The number of hydrogen-bond acceptors (Lipinski definition) is 2. The van der Waals surface area contributed by atoms with Gasteiger partial charge >= 0.3 is 26.2 Å². The molecule has 3 heteroatoms. The molecule has 0 radical (unpaired) electrons. The summed E-state index contributed by atoms with van der Waals surface area (Å²) >= 11 is 0. The Balaban J connectivity index is 0.000000608. The Labute approximate surface area is 234 Å². The second-order valence-electron chi connectivity index (χ2n) is 9.10. The first-order valence-electron chi connectivity index (χ1n) is 11.2. The average Bonchev–Trinajstić information content (AvgIpc) is 3.29. The molecule has 0 aromatic heterocycles. The third-order valence-electron chi connectivity index (χ3n) is 6.17. The summed E-state index contributed by atoms with van der Waals surface area (Å²) in [6, 6.07) is 26.4. The van der Waals surface area contributed by atoms with Crippen LogP contribution in [0.1, 0.15) is 22.3 Å². The van der Waals surface area contributed by atoms with Crippen molar-refractivity contribution in [3.63, 3.8) is 0 Å². The fraction of sp³-hybridized carbons (Fsp3) is 0.250. The van der Waals surface area contributed by atoms with Gasteiger partial charge in [-0.15, -0.1) is 81.9 Å². The summed E-state index contributed by atoms with van der Waals surface area (Å²) in [5.74, 6) is 0. The van der Waals surface area contributed by atoms with Crippen molar-refractivity contribution in [1.29, 1.82) is 0 Å². The molecule has 0 heterocycles. The van der Waals surface area contributed by atoms with E-state index in [-0.39, 0.29) is 41.1 Å². The van der Waals surface area contributed by atoms with Crippen LogP contribution in [0.15, 0.2) is 72.8 Å². The van der Waals surface area contributed by atoms with Crippen molar-refractivity contribution in [2.75, 3.05) is 38.0 Å². The van der Waals surface area contributed by atoms with Gasteiger partial charge in [0.1, 0.15) is 0 Å². The largest absolute Gasteiger partial charge is 4.00 e. The van der Waals surface area contributed by atoms with Crippen molar-refractivity contribution < 1.29 is 26.2 Å². The van der Waals surface area contributed by atoms with Gasteiger partial charge in [0.2, 0.25) is 0 Å². The van der Waals surface area contributed by atoms with E-state index in [1.165, 1.54) is 55.9 Å². The molecule has 0 aliphatic rings. The molecular formula is C32H42N2Zr. The maximum absolute atomic E-state index is 2.25. The van der Waals surface area contributed by atoms with E-state index < -0.39 is 0 Å². The van der Waals surface area contributed by atoms with Crippen LogP contribution in [0, 0.1) is 42.5 Å². The molecule has 0 unspecified atom stereocenters. The van der Waals surface area contributed by atoms with Crippen molar-refractivity contribution in [2.24, 2.45) is 0 Å². The van der Waals surface area contributed by atoms with Crippen molar-refractivity contribution in [2.45, 2.75) is 27.7 Å². The van der Waals surface area contributed by atoms with Crippen molar-refractivity contribution in [3.05, 3.63) is 110 Å². The molecule has 2 nitrogen and oxygen atoms in total. The number of rotatable bonds is 4. The van der Waals surface area contributed by atoms with E-state index in [0.717, 1.165) is 0 Å². The molecule has 35 heavy (non-hydrogen) atoms. The van der Waals surface area contributed by atoms with Gasteiger partial charge in [0.05, 0.1) is 0 Å². The van der Waals surface area contributed by atoms with E-state index in [2.05, 4.69) is 138 Å². The molecule has 0 saturated heterocycles. The van der Waals surface area contributed by atoms with Crippen LogP contribution in [-0.4, -0.2) is 28.2 Å². The molecule has 0 bridgehead atoms. The summed E-state index contributed by atoms with van der Waals surface area (Å²) in [5.41, 5.74) is 13.2. The van der Waals surface area contributed by atoms with E-state index in [4.69, 9.17) is 0 Å². The average molecular weight is 546 g/mol. The first-order chi connectivity index (χ1) is 15.2. The summed E-state index contributed by atoms with van der Waals surface area (Å²) < 4.78 is 0. The van der Waals surface area contributed by atoms with Gasteiger partial charge < -0.3 is 24.7 Å². The van der Waals surface area contributed by atoms with Gasteiger partial charge in [-0.2, -0.15) is 0 Å². The summed E-state index contributed by atoms with van der Waals surface area (Å²) in [4.78, 5) is 4.23. The summed E-state index contributed by atoms with van der Waals surface area (Å²) in [7, 11) is 8.25. The quantitative estimate of drug-likeness (QED) is 0.238. The van der Waals surface area contributed by atoms with E-state index in [0.29, 0.717) is 0 Å². The summed E-state index contributed by atoms with van der Waals surface area (Å²) in [6.07, 6.45) is 0. The second-order valence-corrected chi connectivity index (χ2v) is 9.10. The zero-order valence-corrected chi connectivity index (χ0v) is 25.8. The van der Waals surface area contributed by atoms with Gasteiger partial charge in [0.15, 0.2) is 0 Å². The Morgan fingerprint density at radius 1 is 0.457 bits per heavy atom. The number of hydrogen-bond donors (Lipinski definition) is 0. The normalized spacial score (nSPS) is 9.60. The van der Waals surface area contributed by atoms with E-state index in [9.17, 15) is 0 Å². The number of benzene rings is 2. The molecule has 184 valence electrons. The van der Waals surface area contributed by atoms with Gasteiger partial charge in [0.25, 0.3) is 0 Å². The van der Waals surface area contributed by atoms with Crippen LogP contribution in [0.2, 0.25) is 0 Å². The minimum absolute atomic E-state index is 0. The third kappa shape index (κ3) is 8.36. The van der Waals surface area contributed by atoms with Crippen molar-refractivity contribution in [3.8, 4) is 22.3 Å². The SMILES string of the molecule is Cc1c[c-](-c2ccc(N(C)C)cc2)cc1C.Cc1c[c-](-c2ccc(N(C)C)cc2)cc1C.[CH3-].[CH3-].[Zr+4]. The molecule has 4 aromatic rings. The molecule has 0 fully saturated rings. The monoisotopic (exact) mass is 544 g/mol. The predicted octanol–water partition coefficient (Wildman–Crippen LogP) is 8.41. The molecule has 0 spiro atoms. The molecule has 4 aromatic carbocycles. The van der Waals surface area contributed by atoms with Crippen LogP contribution in [0.25, 0.3) is 22.3 Å². The molecule has 0 amide bonds. The zero-order valence-electron chi connectivity index (χ0n) is 23.3. The Bertz CT molecular complexity index is 1010. The Kier molecular flexibility index (Phi) is 13.3. The fourth-order valence-electron chi connectivity index (χ4n) is 3.71. The van der Waals surface area contributed by atoms with Gasteiger partial charge in [0, 0.05) is 39.6 Å². The van der Waals surface area contributed by atoms with E-state index in [1.54, 1.807) is 0 Å². The van der Waals surface area contributed by atoms with Crippen LogP contribution in [0.3, 0.4) is 0 Å². The number of anilines is 2. The zero-order chi connectivity index (χ0) is 23.4. The van der Waals surface area contributed by atoms with E-state index in [1.807, 2.05) is 0 Å². The Morgan fingerprint density at radius 3 is 0.886 bits per heavy atom. The van der Waals surface area contributed by atoms with Gasteiger partial charge in [-0.25, -0.2) is 0 Å². The molecule has 4 rings (SSSR count). The van der Waals surface area contributed by atoms with Crippen LogP contribution in [0.5, 0.6) is 0 Å². The van der Waals surface area contributed by atoms with Crippen LogP contribution in [0.4, 0.5) is 11.4 Å². The van der Waals surface area contributed by atoms with E-state index >= 15 is 0 Å². The predicted molar refractivity (Wildman–Crippen MR) is 155 cm³/mol. The fourth-order valence-corrected chi connectivity index (χ4v) is 3.71. The van der Waals surface area contributed by atoms with Crippen LogP contribution in [-0.2, 0) is 26.2 Å². The smallest absolute Gasteiger partial charge is 0.379 e. The Hall–Kier alpha value is -2.38. The second kappa shape index (κ2) is 14.2. The minimum Gasteiger partial charge on any atom is -0.379 e. The maximum atomic E-state index is 2.25. The van der Waals surface area contributed by atoms with Gasteiger partial charge in [-0.05, 0) is 0 Å². The van der Waals surface area contributed by atoms with Crippen molar-refractivity contribution in [1.82, 2.24) is 0 Å². The van der Waals surface area contributed by atoms with Gasteiger partial charge in [-0.3, -0.25) is 0 Å². The molecule has 0 aliphatic carbocycles. The number of nitrogens with zero attached hydrogens (tertiary/aromatic N) is 2. The standard InChI is InChI=1S/2C15H18N.2CH3.Zr/c2*1-11-9-14(10-12(11)2)13-5-7-15(8-6-13)16(3)4;;;/h2*5-10H,1-4H3;2*1H3;/q4*-1;+4. The first kappa shape index (κ1) is 32.6. The number of aryl methyl sites for hydroxylation is 4. The maximum Gasteiger partial charge on any atom is 4.00 e. The summed E-state index contributed by atoms with van der Waals surface area (Å²) in [6.45, 7) is 8.64. The molecule has 0 aliphatic heterocycles. The Morgan fingerprint density at radius 2 is 0.686 bits per heavy atom. The first-order valence-corrected chi connectivity index (χ1v) is 11.2. The summed E-state index contributed by atoms with van der Waals surface area (Å²) in [5, 5.41) is 0. The van der Waals surface area contributed by atoms with Gasteiger partial charge in [-0.1, -0.05) is 63.1 Å². The topological polar surface area (TPSA) is 6.48 Å².